The predicted octanol–water partition coefficient (Wildman–Crippen LogP) is 3.60. The molecule has 0 atom stereocenters. The van der Waals surface area contributed by atoms with E-state index in [0.717, 1.165) is 42.8 Å². The molecule has 1 N–H and O–H groups in total. The Balaban J connectivity index is 1.47. The first-order chi connectivity index (χ1) is 14.2. The van der Waals surface area contributed by atoms with Crippen molar-refractivity contribution >= 4 is 5.65 Å². The zero-order valence-corrected chi connectivity index (χ0v) is 16.3. The van der Waals surface area contributed by atoms with E-state index < -0.39 is 0 Å². The Kier molecular flexibility index (Phi) is 4.52. The van der Waals surface area contributed by atoms with Gasteiger partial charge in [-0.05, 0) is 49.7 Å². The minimum atomic E-state index is -0.104. The van der Waals surface area contributed by atoms with Crippen LogP contribution in [0.4, 0.5) is 0 Å². The molecule has 1 aliphatic rings. The fourth-order valence-electron chi connectivity index (χ4n) is 4.53. The van der Waals surface area contributed by atoms with Gasteiger partial charge in [0.25, 0.3) is 5.56 Å². The molecule has 0 unspecified atom stereocenters. The van der Waals surface area contributed by atoms with E-state index in [1.54, 1.807) is 6.20 Å². The van der Waals surface area contributed by atoms with Crippen LogP contribution in [-0.4, -0.2) is 32.4 Å². The number of nitrogens with zero attached hydrogens (tertiary/aromatic N) is 3. The second-order valence-corrected chi connectivity index (χ2v) is 7.84. The molecule has 0 radical (unpaired) electrons. The summed E-state index contributed by atoms with van der Waals surface area (Å²) in [7, 11) is 0. The van der Waals surface area contributed by atoms with Crippen LogP contribution >= 0.6 is 0 Å². The van der Waals surface area contributed by atoms with Gasteiger partial charge in [0.2, 0.25) is 0 Å². The van der Waals surface area contributed by atoms with Crippen molar-refractivity contribution in [2.45, 2.75) is 24.8 Å². The molecule has 5 heteroatoms. The summed E-state index contributed by atoms with van der Waals surface area (Å²) in [5.41, 5.74) is 4.16. The van der Waals surface area contributed by atoms with Crippen LogP contribution in [-0.2, 0) is 12.0 Å². The van der Waals surface area contributed by atoms with Crippen molar-refractivity contribution in [3.63, 3.8) is 0 Å². The fraction of sp³-hybridized carbons (Fsp3) is 0.250. The standard InChI is InChI=1S/C24H24N4O/c29-23-19(7-6-13-25-23)17-27-15-11-24(12-16-27,20-8-2-1-3-9-20)21-18-28-14-5-4-10-22(28)26-21/h1-10,13-14,18H,11-12,15-17H2,(H,25,29). The molecule has 1 aliphatic heterocycles. The lowest BCUT2D eigenvalue weighted by Crippen LogP contribution is -2.43. The number of pyridine rings is 2. The van der Waals surface area contributed by atoms with Gasteiger partial charge < -0.3 is 9.38 Å². The lowest BCUT2D eigenvalue weighted by atomic mass is 9.70. The molecule has 1 aromatic carbocycles. The number of imidazole rings is 1. The maximum Gasteiger partial charge on any atom is 0.252 e. The Labute approximate surface area is 169 Å². The second-order valence-electron chi connectivity index (χ2n) is 7.84. The van der Waals surface area contributed by atoms with Crippen LogP contribution in [0.25, 0.3) is 5.65 Å². The number of likely N-dealkylation sites (tertiary alicyclic amines) is 1. The average molecular weight is 384 g/mol. The number of fused-ring (bicyclic) bond motifs is 1. The molecule has 0 spiro atoms. The van der Waals surface area contributed by atoms with E-state index in [-0.39, 0.29) is 11.0 Å². The molecule has 3 aromatic heterocycles. The highest BCUT2D eigenvalue weighted by Crippen LogP contribution is 2.41. The number of aromatic nitrogens is 3. The topological polar surface area (TPSA) is 53.4 Å². The van der Waals surface area contributed by atoms with Crippen molar-refractivity contribution in [2.24, 2.45) is 0 Å². The first kappa shape index (κ1) is 17.9. The summed E-state index contributed by atoms with van der Waals surface area (Å²) in [4.78, 5) is 22.2. The van der Waals surface area contributed by atoms with Crippen molar-refractivity contribution in [1.82, 2.24) is 19.3 Å². The number of nitrogens with one attached hydrogen (secondary N) is 1. The highest BCUT2D eigenvalue weighted by atomic mass is 16.1. The fourth-order valence-corrected chi connectivity index (χ4v) is 4.53. The molecule has 4 aromatic rings. The van der Waals surface area contributed by atoms with Crippen molar-refractivity contribution < 1.29 is 0 Å². The highest BCUT2D eigenvalue weighted by molar-refractivity contribution is 5.45. The third-order valence-electron chi connectivity index (χ3n) is 6.18. The molecule has 1 fully saturated rings. The van der Waals surface area contributed by atoms with Crippen LogP contribution < -0.4 is 5.56 Å². The molecule has 29 heavy (non-hydrogen) atoms. The Bertz CT molecular complexity index is 1140. The third-order valence-corrected chi connectivity index (χ3v) is 6.18. The summed E-state index contributed by atoms with van der Waals surface area (Å²) in [6.07, 6.45) is 7.88. The zero-order chi connectivity index (χ0) is 19.7. The maximum atomic E-state index is 12.1. The Morgan fingerprint density at radius 2 is 1.76 bits per heavy atom. The van der Waals surface area contributed by atoms with Crippen LogP contribution in [0.2, 0.25) is 0 Å². The smallest absolute Gasteiger partial charge is 0.252 e. The number of hydrogen-bond acceptors (Lipinski definition) is 3. The monoisotopic (exact) mass is 384 g/mol. The van der Waals surface area contributed by atoms with Crippen molar-refractivity contribution in [3.8, 4) is 0 Å². The van der Waals surface area contributed by atoms with Gasteiger partial charge in [-0.1, -0.05) is 42.5 Å². The summed E-state index contributed by atoms with van der Waals surface area (Å²) in [5, 5.41) is 0. The van der Waals surface area contributed by atoms with E-state index in [1.807, 2.05) is 24.3 Å². The molecule has 1 saturated heterocycles. The Morgan fingerprint density at radius 3 is 2.52 bits per heavy atom. The van der Waals surface area contributed by atoms with Gasteiger partial charge >= 0.3 is 0 Å². The number of benzene rings is 1. The van der Waals surface area contributed by atoms with Crippen LogP contribution in [0.15, 0.2) is 84.0 Å². The molecule has 5 nitrogen and oxygen atoms in total. The lowest BCUT2D eigenvalue weighted by molar-refractivity contribution is 0.170. The Morgan fingerprint density at radius 1 is 0.966 bits per heavy atom. The van der Waals surface area contributed by atoms with Crippen molar-refractivity contribution in [3.05, 3.63) is 106 Å². The van der Waals surface area contributed by atoms with E-state index in [4.69, 9.17) is 4.98 Å². The zero-order valence-electron chi connectivity index (χ0n) is 16.3. The van der Waals surface area contributed by atoms with Crippen molar-refractivity contribution in [1.29, 1.82) is 0 Å². The van der Waals surface area contributed by atoms with Crippen LogP contribution in [0.5, 0.6) is 0 Å². The van der Waals surface area contributed by atoms with Crippen molar-refractivity contribution in [2.75, 3.05) is 13.1 Å². The number of H-pyrrole nitrogens is 1. The number of rotatable bonds is 4. The van der Waals surface area contributed by atoms with Crippen LogP contribution in [0.1, 0.15) is 29.7 Å². The van der Waals surface area contributed by atoms with Gasteiger partial charge in [-0.25, -0.2) is 4.98 Å². The van der Waals surface area contributed by atoms with E-state index in [1.165, 1.54) is 5.56 Å². The maximum absolute atomic E-state index is 12.1. The largest absolute Gasteiger partial charge is 0.329 e. The lowest BCUT2D eigenvalue weighted by Gasteiger charge is -2.41. The Hall–Kier alpha value is -3.18. The average Bonchev–Trinajstić information content (AvgIpc) is 3.21. The normalized spacial score (nSPS) is 16.8. The summed E-state index contributed by atoms with van der Waals surface area (Å²) >= 11 is 0. The molecular formula is C24H24N4O. The van der Waals surface area contributed by atoms with Gasteiger partial charge in [0.05, 0.1) is 5.69 Å². The van der Waals surface area contributed by atoms with E-state index in [2.05, 4.69) is 63.1 Å². The first-order valence-corrected chi connectivity index (χ1v) is 10.1. The molecule has 0 bridgehead atoms. The number of piperidine rings is 1. The molecule has 4 heterocycles. The summed E-state index contributed by atoms with van der Waals surface area (Å²) < 4.78 is 2.11. The summed E-state index contributed by atoms with van der Waals surface area (Å²) in [6.45, 7) is 2.54. The van der Waals surface area contributed by atoms with Gasteiger partial charge in [-0.2, -0.15) is 0 Å². The van der Waals surface area contributed by atoms with Crippen LogP contribution in [0, 0.1) is 0 Å². The molecule has 5 rings (SSSR count). The third kappa shape index (κ3) is 3.28. The van der Waals surface area contributed by atoms with E-state index in [0.29, 0.717) is 6.54 Å². The second kappa shape index (κ2) is 7.33. The summed E-state index contributed by atoms with van der Waals surface area (Å²) in [6, 6.07) is 20.7. The van der Waals surface area contributed by atoms with E-state index in [9.17, 15) is 4.79 Å². The molecule has 0 saturated carbocycles. The SMILES string of the molecule is O=c1[nH]cccc1CN1CCC(c2ccccc2)(c2cn3ccccc3n2)CC1. The summed E-state index contributed by atoms with van der Waals surface area (Å²) in [5.74, 6) is 0. The van der Waals surface area contributed by atoms with Gasteiger partial charge in [0.15, 0.2) is 0 Å². The highest BCUT2D eigenvalue weighted by Gasteiger charge is 2.39. The molecular weight excluding hydrogens is 360 g/mol. The molecule has 146 valence electrons. The first-order valence-electron chi connectivity index (χ1n) is 10.1. The molecule has 0 aliphatic carbocycles. The van der Waals surface area contributed by atoms with Crippen LogP contribution in [0.3, 0.4) is 0 Å². The quantitative estimate of drug-likeness (QED) is 0.585. The van der Waals surface area contributed by atoms with Gasteiger partial charge in [-0.15, -0.1) is 0 Å². The number of aromatic amines is 1. The minimum Gasteiger partial charge on any atom is -0.329 e. The van der Waals surface area contributed by atoms with Gasteiger partial charge in [0.1, 0.15) is 5.65 Å². The van der Waals surface area contributed by atoms with Gasteiger partial charge in [0, 0.05) is 36.1 Å². The number of hydrogen-bond donors (Lipinski definition) is 1. The minimum absolute atomic E-state index is 0.00717. The molecule has 0 amide bonds. The van der Waals surface area contributed by atoms with Gasteiger partial charge in [-0.3, -0.25) is 9.69 Å². The predicted molar refractivity (Wildman–Crippen MR) is 114 cm³/mol. The van der Waals surface area contributed by atoms with E-state index >= 15 is 0 Å².